The summed E-state index contributed by atoms with van der Waals surface area (Å²) in [6, 6.07) is 20.2. The van der Waals surface area contributed by atoms with Gasteiger partial charge in [-0.3, -0.25) is 0 Å². The van der Waals surface area contributed by atoms with Gasteiger partial charge in [-0.2, -0.15) is 0 Å². The van der Waals surface area contributed by atoms with Gasteiger partial charge in [0.1, 0.15) is 22.8 Å². The molecule has 5 nitrogen and oxygen atoms in total. The normalized spacial score (nSPS) is 19.3. The summed E-state index contributed by atoms with van der Waals surface area (Å²) < 4.78 is 6.15. The van der Waals surface area contributed by atoms with Gasteiger partial charge in [-0.15, -0.1) is 0 Å². The highest BCUT2D eigenvalue weighted by Gasteiger charge is 2.38. The first-order valence-electron chi connectivity index (χ1n) is 9.70. The van der Waals surface area contributed by atoms with Crippen LogP contribution in [0.25, 0.3) is 0 Å². The van der Waals surface area contributed by atoms with Crippen LogP contribution in [0.15, 0.2) is 66.7 Å². The van der Waals surface area contributed by atoms with Gasteiger partial charge in [-0.05, 0) is 49.0 Å². The average Bonchev–Trinajstić information content (AvgIpc) is 3.06. The number of aromatic carboxylic acids is 1. The number of carbonyl (C=O) groups is 1. The molecule has 0 bridgehead atoms. The van der Waals surface area contributed by atoms with E-state index < -0.39 is 5.97 Å². The monoisotopic (exact) mass is 423 g/mol. The van der Waals surface area contributed by atoms with Gasteiger partial charge < -0.3 is 19.8 Å². The highest BCUT2D eigenvalue weighted by molar-refractivity contribution is 6.30. The van der Waals surface area contributed by atoms with Crippen molar-refractivity contribution in [2.45, 2.75) is 11.8 Å². The summed E-state index contributed by atoms with van der Waals surface area (Å²) in [7, 11) is 2.18. The molecule has 2 atom stereocenters. The van der Waals surface area contributed by atoms with E-state index in [0.29, 0.717) is 11.8 Å². The predicted molar refractivity (Wildman–Crippen MR) is 116 cm³/mol. The zero-order chi connectivity index (χ0) is 21.3. The molecule has 2 N–H and O–H groups in total. The molecule has 0 aliphatic carbocycles. The molecule has 1 fully saturated rings. The van der Waals surface area contributed by atoms with Gasteiger partial charge in [0.2, 0.25) is 0 Å². The maximum absolute atomic E-state index is 10.3. The lowest BCUT2D eigenvalue weighted by Crippen LogP contribution is -2.14. The van der Waals surface area contributed by atoms with Crippen molar-refractivity contribution in [1.29, 1.82) is 0 Å². The Labute approximate surface area is 180 Å². The largest absolute Gasteiger partial charge is 0.507 e. The summed E-state index contributed by atoms with van der Waals surface area (Å²) in [5, 5.41) is 18.1. The van der Waals surface area contributed by atoms with Gasteiger partial charge in [0, 0.05) is 35.5 Å². The van der Waals surface area contributed by atoms with Crippen molar-refractivity contribution in [3.05, 3.63) is 88.4 Å². The summed E-state index contributed by atoms with van der Waals surface area (Å²) >= 11 is 6.20. The first-order valence-corrected chi connectivity index (χ1v) is 10.1. The third-order valence-electron chi connectivity index (χ3n) is 5.55. The lowest BCUT2D eigenvalue weighted by atomic mass is 9.84. The first kappa shape index (κ1) is 20.3. The van der Waals surface area contributed by atoms with Gasteiger partial charge in [0.25, 0.3) is 0 Å². The molecule has 30 heavy (non-hydrogen) atoms. The SMILES string of the molecule is CN1C[C@H]2c3ccccc3Oc3ccc(Cl)cc3[C@@H]2C1.O=C(O)c1ccccc1O. The van der Waals surface area contributed by atoms with Crippen LogP contribution >= 0.6 is 11.6 Å². The number of fused-ring (bicyclic) bond motifs is 5. The molecule has 154 valence electrons. The smallest absolute Gasteiger partial charge is 0.339 e. The van der Waals surface area contributed by atoms with E-state index in [4.69, 9.17) is 26.6 Å². The van der Waals surface area contributed by atoms with E-state index in [1.807, 2.05) is 18.2 Å². The van der Waals surface area contributed by atoms with Crippen molar-refractivity contribution in [3.8, 4) is 17.2 Å². The Hall–Kier alpha value is -3.02. The summed E-state index contributed by atoms with van der Waals surface area (Å²) in [6.45, 7) is 2.12. The van der Waals surface area contributed by atoms with E-state index in [1.54, 1.807) is 12.1 Å². The van der Waals surface area contributed by atoms with Crippen LogP contribution in [0.1, 0.15) is 33.3 Å². The summed E-state index contributed by atoms with van der Waals surface area (Å²) in [6.07, 6.45) is 0. The van der Waals surface area contributed by atoms with E-state index in [1.165, 1.54) is 23.3 Å². The van der Waals surface area contributed by atoms with Gasteiger partial charge in [0.05, 0.1) is 0 Å². The number of carboxylic acids is 1. The van der Waals surface area contributed by atoms with Crippen LogP contribution in [0.2, 0.25) is 5.02 Å². The Kier molecular flexibility index (Phi) is 5.66. The zero-order valence-corrected chi connectivity index (χ0v) is 17.2. The number of para-hydroxylation sites is 2. The first-order chi connectivity index (χ1) is 14.4. The maximum atomic E-state index is 10.3. The zero-order valence-electron chi connectivity index (χ0n) is 16.5. The topological polar surface area (TPSA) is 70.0 Å². The number of hydrogen-bond acceptors (Lipinski definition) is 4. The Morgan fingerprint density at radius 1 is 0.967 bits per heavy atom. The van der Waals surface area contributed by atoms with Crippen molar-refractivity contribution in [3.63, 3.8) is 0 Å². The number of nitrogens with zero attached hydrogens (tertiary/aromatic N) is 1. The number of halogens is 1. The highest BCUT2D eigenvalue weighted by Crippen LogP contribution is 2.49. The molecule has 0 amide bonds. The molecule has 0 aromatic heterocycles. The number of benzene rings is 3. The number of aromatic hydroxyl groups is 1. The van der Waals surface area contributed by atoms with E-state index in [9.17, 15) is 4.79 Å². The third kappa shape index (κ3) is 3.99. The molecule has 6 heteroatoms. The second-order valence-electron chi connectivity index (χ2n) is 7.58. The van der Waals surface area contributed by atoms with Crippen LogP contribution in [-0.2, 0) is 0 Å². The quantitative estimate of drug-likeness (QED) is 0.552. The van der Waals surface area contributed by atoms with Crippen LogP contribution in [0, 0.1) is 0 Å². The number of rotatable bonds is 1. The molecule has 0 saturated carbocycles. The number of phenols is 1. The number of likely N-dealkylation sites (N-methyl/N-ethyl adjacent to an activating group) is 1. The van der Waals surface area contributed by atoms with Gasteiger partial charge in [-0.25, -0.2) is 4.79 Å². The number of ether oxygens (including phenoxy) is 1. The van der Waals surface area contributed by atoms with Gasteiger partial charge in [0.15, 0.2) is 0 Å². The fraction of sp³-hybridized carbons (Fsp3) is 0.208. The Bertz CT molecular complexity index is 1080. The summed E-state index contributed by atoms with van der Waals surface area (Å²) in [4.78, 5) is 12.7. The third-order valence-corrected chi connectivity index (χ3v) is 5.78. The summed E-state index contributed by atoms with van der Waals surface area (Å²) in [5.41, 5.74) is 2.49. The molecule has 2 heterocycles. The highest BCUT2D eigenvalue weighted by atomic mass is 35.5. The van der Waals surface area contributed by atoms with Crippen molar-refractivity contribution in [1.82, 2.24) is 4.90 Å². The number of likely N-dealkylation sites (tertiary alicyclic amines) is 1. The molecular formula is C24H22ClNO4. The van der Waals surface area contributed by atoms with Crippen LogP contribution in [0.4, 0.5) is 0 Å². The molecule has 3 aromatic carbocycles. The Morgan fingerprint density at radius 2 is 1.60 bits per heavy atom. The molecule has 0 unspecified atom stereocenters. The van der Waals surface area contributed by atoms with E-state index in [-0.39, 0.29) is 11.3 Å². The molecule has 2 aliphatic heterocycles. The fourth-order valence-corrected chi connectivity index (χ4v) is 4.37. The average molecular weight is 424 g/mol. The lowest BCUT2D eigenvalue weighted by molar-refractivity contribution is 0.0693. The minimum Gasteiger partial charge on any atom is -0.507 e. The van der Waals surface area contributed by atoms with Crippen molar-refractivity contribution >= 4 is 17.6 Å². The molecule has 2 aliphatic rings. The molecule has 5 rings (SSSR count). The molecule has 0 spiro atoms. The van der Waals surface area contributed by atoms with Crippen LogP contribution in [0.3, 0.4) is 0 Å². The van der Waals surface area contributed by atoms with E-state index in [0.717, 1.165) is 29.6 Å². The number of hydrogen-bond donors (Lipinski definition) is 2. The van der Waals surface area contributed by atoms with Crippen LogP contribution in [-0.4, -0.2) is 41.2 Å². The molecule has 3 aromatic rings. The second kappa shape index (κ2) is 8.38. The fourth-order valence-electron chi connectivity index (χ4n) is 4.19. The predicted octanol–water partition coefficient (Wildman–Crippen LogP) is 5.35. The van der Waals surface area contributed by atoms with E-state index in [2.05, 4.69) is 36.2 Å². The summed E-state index contributed by atoms with van der Waals surface area (Å²) in [5.74, 6) is 1.56. The van der Waals surface area contributed by atoms with Gasteiger partial charge in [-0.1, -0.05) is 41.9 Å². The lowest BCUT2D eigenvalue weighted by Gasteiger charge is -2.17. The standard InChI is InChI=1S/C17H16ClNO.C7H6O3/c1-19-9-14-12-4-2-3-5-16(12)20-17-7-6-11(18)8-13(17)15(14)10-19;8-6-4-2-1-3-5(6)7(9)10/h2-8,14-15H,9-10H2,1H3;1-4,8H,(H,9,10)/t14-,15-;/m0./s1. The minimum absolute atomic E-state index is 0.0671. The minimum atomic E-state index is -1.11. The van der Waals surface area contributed by atoms with Crippen molar-refractivity contribution in [2.75, 3.05) is 20.1 Å². The Balaban J connectivity index is 0.000000185. The molecular weight excluding hydrogens is 402 g/mol. The van der Waals surface area contributed by atoms with E-state index >= 15 is 0 Å². The maximum Gasteiger partial charge on any atom is 0.339 e. The van der Waals surface area contributed by atoms with Gasteiger partial charge >= 0.3 is 5.97 Å². The second-order valence-corrected chi connectivity index (χ2v) is 8.01. The van der Waals surface area contributed by atoms with Crippen molar-refractivity contribution in [2.24, 2.45) is 0 Å². The Morgan fingerprint density at radius 3 is 2.30 bits per heavy atom. The number of carboxylic acid groups (broad SMARTS) is 1. The van der Waals surface area contributed by atoms with Crippen molar-refractivity contribution < 1.29 is 19.7 Å². The van der Waals surface area contributed by atoms with Crippen LogP contribution in [0.5, 0.6) is 17.2 Å². The van der Waals surface area contributed by atoms with Crippen LogP contribution < -0.4 is 4.74 Å². The molecule has 1 saturated heterocycles. The molecule has 0 radical (unpaired) electrons.